The van der Waals surface area contributed by atoms with Crippen LogP contribution in [-0.4, -0.2) is 113 Å². The van der Waals surface area contributed by atoms with Gasteiger partial charge in [0.25, 0.3) is 5.91 Å². The molecule has 4 aromatic rings. The molecule has 2 aromatic heterocycles. The second-order valence-electron chi connectivity index (χ2n) is 17.1. The minimum absolute atomic E-state index is 0.216. The van der Waals surface area contributed by atoms with E-state index in [4.69, 9.17) is 35.5 Å². The standard InChI is InChI=1S/C47H60ClN9O7/c1-56-41(25-31-5-6-31)37(27-52-56)44-39(48)28-51-47(55-44)53-35-13-11-34(12-14-35)50-18-20-62-22-24-63-23-21-61-19-17-49-26-32-7-9-33(10-8-32)30-64-42-4-2-3-36-38(42)29-57(46(36)60)40-15-16-43(58)54-45(40)59/h2-4,7-10,27-28,31,34-35,40,49-50H,5-6,11-26,29-30H2,1H3,(H,51,53,55)(H,54,58,59)/t34-,35-,40-/m0/s1. The number of nitrogens with zero attached hydrogens (tertiary/aromatic N) is 5. The van der Waals surface area contributed by atoms with Crippen molar-refractivity contribution >= 4 is 35.3 Å². The molecule has 3 fully saturated rings. The van der Waals surface area contributed by atoms with Gasteiger partial charge in [0.05, 0.1) is 69.3 Å². The number of amides is 3. The Labute approximate surface area is 379 Å². The number of carbonyl (C=O) groups excluding carboxylic acids is 3. The molecule has 64 heavy (non-hydrogen) atoms. The molecule has 342 valence electrons. The molecule has 2 aliphatic carbocycles. The average molecular weight is 899 g/mol. The highest BCUT2D eigenvalue weighted by Gasteiger charge is 2.40. The molecule has 2 saturated carbocycles. The van der Waals surface area contributed by atoms with E-state index in [9.17, 15) is 14.4 Å². The molecule has 3 amide bonds. The number of halogens is 1. The maximum absolute atomic E-state index is 13.1. The van der Waals surface area contributed by atoms with Crippen molar-refractivity contribution in [3.63, 3.8) is 0 Å². The van der Waals surface area contributed by atoms with Crippen LogP contribution in [0.15, 0.2) is 54.9 Å². The number of aryl methyl sites for hydroxylation is 1. The van der Waals surface area contributed by atoms with Crippen molar-refractivity contribution in [3.05, 3.63) is 87.8 Å². The van der Waals surface area contributed by atoms with Gasteiger partial charge in [0.15, 0.2) is 0 Å². The van der Waals surface area contributed by atoms with Gasteiger partial charge in [-0.1, -0.05) is 41.9 Å². The van der Waals surface area contributed by atoms with Gasteiger partial charge in [-0.3, -0.25) is 24.4 Å². The summed E-state index contributed by atoms with van der Waals surface area (Å²) in [4.78, 5) is 48.0. The molecule has 0 unspecified atom stereocenters. The number of hydrogen-bond donors (Lipinski definition) is 4. The van der Waals surface area contributed by atoms with Crippen LogP contribution in [0.25, 0.3) is 11.3 Å². The van der Waals surface area contributed by atoms with Crippen LogP contribution in [-0.2, 0) is 57.0 Å². The fourth-order valence-electron chi connectivity index (χ4n) is 8.61. The summed E-state index contributed by atoms with van der Waals surface area (Å²) in [5, 5.41) is 18.0. The molecule has 0 spiro atoms. The number of anilines is 1. The lowest BCUT2D eigenvalue weighted by Crippen LogP contribution is -2.52. The first-order valence-electron chi connectivity index (χ1n) is 22.7. The molecule has 16 nitrogen and oxygen atoms in total. The zero-order valence-electron chi connectivity index (χ0n) is 36.6. The number of hydrogen-bond acceptors (Lipinski definition) is 13. The molecular weight excluding hydrogens is 838 g/mol. The number of fused-ring (bicyclic) bond motifs is 1. The summed E-state index contributed by atoms with van der Waals surface area (Å²) < 4.78 is 25.3. The lowest BCUT2D eigenvalue weighted by Gasteiger charge is -2.29. The fraction of sp³-hybridized carbons (Fsp3) is 0.532. The highest BCUT2D eigenvalue weighted by Crippen LogP contribution is 2.37. The Hall–Kier alpha value is -4.97. The third-order valence-corrected chi connectivity index (χ3v) is 12.7. The predicted octanol–water partition coefficient (Wildman–Crippen LogP) is 4.98. The van der Waals surface area contributed by atoms with Crippen LogP contribution in [0.2, 0.25) is 5.02 Å². The number of imide groups is 1. The minimum Gasteiger partial charge on any atom is -0.489 e. The van der Waals surface area contributed by atoms with Crippen LogP contribution in [0.4, 0.5) is 5.95 Å². The van der Waals surface area contributed by atoms with Crippen molar-refractivity contribution in [1.29, 1.82) is 0 Å². The summed E-state index contributed by atoms with van der Waals surface area (Å²) in [7, 11) is 1.99. The van der Waals surface area contributed by atoms with E-state index in [1.165, 1.54) is 23.4 Å². The molecule has 2 aliphatic heterocycles. The van der Waals surface area contributed by atoms with E-state index in [-0.39, 0.29) is 24.8 Å². The molecule has 17 heteroatoms. The zero-order chi connectivity index (χ0) is 44.3. The van der Waals surface area contributed by atoms with Gasteiger partial charge in [0.2, 0.25) is 17.8 Å². The Bertz CT molecular complexity index is 2210. The normalized spacial score (nSPS) is 19.8. The van der Waals surface area contributed by atoms with E-state index in [1.807, 2.05) is 36.1 Å². The van der Waals surface area contributed by atoms with E-state index in [1.54, 1.807) is 18.3 Å². The fourth-order valence-corrected chi connectivity index (χ4v) is 8.80. The summed E-state index contributed by atoms with van der Waals surface area (Å²) in [5.41, 5.74) is 6.38. The molecule has 4 aliphatic rings. The molecule has 0 radical (unpaired) electrons. The first-order chi connectivity index (χ1) is 31.3. The molecule has 1 saturated heterocycles. The predicted molar refractivity (Wildman–Crippen MR) is 241 cm³/mol. The summed E-state index contributed by atoms with van der Waals surface area (Å²) >= 11 is 6.58. The first kappa shape index (κ1) is 45.6. The molecular formula is C47H60ClN9O7. The second kappa shape index (κ2) is 22.3. The van der Waals surface area contributed by atoms with Gasteiger partial charge in [-0.15, -0.1) is 0 Å². The summed E-state index contributed by atoms with van der Waals surface area (Å²) in [6.07, 6.45) is 11.9. The Kier molecular flexibility index (Phi) is 15.9. The number of benzene rings is 2. The molecule has 4 heterocycles. The van der Waals surface area contributed by atoms with Gasteiger partial charge >= 0.3 is 0 Å². The van der Waals surface area contributed by atoms with Crippen molar-refractivity contribution in [3.8, 4) is 17.0 Å². The van der Waals surface area contributed by atoms with Crippen LogP contribution in [0.5, 0.6) is 5.75 Å². The number of piperidine rings is 1. The van der Waals surface area contributed by atoms with Crippen LogP contribution in [0.3, 0.4) is 0 Å². The quantitative estimate of drug-likeness (QED) is 0.0547. The maximum Gasteiger partial charge on any atom is 0.255 e. The van der Waals surface area contributed by atoms with Gasteiger partial charge < -0.3 is 39.8 Å². The van der Waals surface area contributed by atoms with Crippen molar-refractivity contribution in [2.24, 2.45) is 13.0 Å². The topological polar surface area (TPSA) is 183 Å². The molecule has 1 atom stereocenters. The van der Waals surface area contributed by atoms with Crippen LogP contribution in [0.1, 0.15) is 84.1 Å². The Morgan fingerprint density at radius 3 is 2.28 bits per heavy atom. The molecule has 8 rings (SSSR count). The smallest absolute Gasteiger partial charge is 0.255 e. The SMILES string of the molecule is Cn1ncc(-c2nc(N[C@H]3CC[C@H](NCCOCCOCCOCCNCc4ccc(COc5cccc6c5CN([C@H]5CCC(=O)NC5=O)C6=O)cc4)CC3)ncc2Cl)c1CC1CC1. The van der Waals surface area contributed by atoms with E-state index in [0.717, 1.165) is 79.1 Å². The third-order valence-electron chi connectivity index (χ3n) is 12.4. The van der Waals surface area contributed by atoms with Crippen molar-refractivity contribution in [2.75, 3.05) is 58.0 Å². The highest BCUT2D eigenvalue weighted by molar-refractivity contribution is 6.33. The van der Waals surface area contributed by atoms with Crippen LogP contribution >= 0.6 is 11.6 Å². The Morgan fingerprint density at radius 1 is 0.812 bits per heavy atom. The molecule has 2 aromatic carbocycles. The maximum atomic E-state index is 13.1. The van der Waals surface area contributed by atoms with Gasteiger partial charge in [-0.05, 0) is 80.5 Å². The molecule has 4 N–H and O–H groups in total. The number of ether oxygens (including phenoxy) is 4. The first-order valence-corrected chi connectivity index (χ1v) is 23.1. The number of aromatic nitrogens is 4. The summed E-state index contributed by atoms with van der Waals surface area (Å²) in [6.45, 7) is 6.23. The van der Waals surface area contributed by atoms with Crippen LogP contribution in [0, 0.1) is 5.92 Å². The van der Waals surface area contributed by atoms with E-state index < -0.39 is 11.9 Å². The zero-order valence-corrected chi connectivity index (χ0v) is 37.4. The summed E-state index contributed by atoms with van der Waals surface area (Å²) in [5.74, 6) is 1.03. The van der Waals surface area contributed by atoms with E-state index in [2.05, 4.69) is 43.5 Å². The minimum atomic E-state index is -0.659. The number of nitrogens with one attached hydrogen (secondary N) is 4. The van der Waals surface area contributed by atoms with E-state index >= 15 is 0 Å². The van der Waals surface area contributed by atoms with Crippen molar-refractivity contribution in [1.82, 2.24) is 40.6 Å². The van der Waals surface area contributed by atoms with Crippen molar-refractivity contribution < 1.29 is 33.3 Å². The third kappa shape index (κ3) is 12.2. The van der Waals surface area contributed by atoms with E-state index in [0.29, 0.717) is 93.6 Å². The van der Waals surface area contributed by atoms with Gasteiger partial charge in [0, 0.05) is 67.6 Å². The average Bonchev–Trinajstić information content (AvgIpc) is 3.97. The van der Waals surface area contributed by atoms with Gasteiger partial charge in [-0.25, -0.2) is 9.97 Å². The number of rotatable bonds is 24. The van der Waals surface area contributed by atoms with Crippen molar-refractivity contribution in [2.45, 2.75) is 95.6 Å². The lowest BCUT2D eigenvalue weighted by atomic mass is 9.91. The Morgan fingerprint density at radius 2 is 1.53 bits per heavy atom. The van der Waals surface area contributed by atoms with Gasteiger partial charge in [0.1, 0.15) is 18.4 Å². The second-order valence-corrected chi connectivity index (χ2v) is 17.5. The lowest BCUT2D eigenvalue weighted by molar-refractivity contribution is -0.136. The highest BCUT2D eigenvalue weighted by atomic mass is 35.5. The Balaban J connectivity index is 0.616. The largest absolute Gasteiger partial charge is 0.489 e. The van der Waals surface area contributed by atoms with Crippen LogP contribution < -0.4 is 26.0 Å². The summed E-state index contributed by atoms with van der Waals surface area (Å²) in [6, 6.07) is 13.7. The number of carbonyl (C=O) groups is 3. The monoisotopic (exact) mass is 897 g/mol. The molecule has 0 bridgehead atoms. The van der Waals surface area contributed by atoms with Gasteiger partial charge in [-0.2, -0.15) is 5.10 Å².